The summed E-state index contributed by atoms with van der Waals surface area (Å²) in [5.41, 5.74) is 7.42. The fourth-order valence-corrected chi connectivity index (χ4v) is 8.12. The van der Waals surface area contributed by atoms with Gasteiger partial charge in [-0.25, -0.2) is 0 Å². The van der Waals surface area contributed by atoms with Crippen LogP contribution in [0.5, 0.6) is 0 Å². The molecular weight excluding hydrogens is 545 g/mol. The van der Waals surface area contributed by atoms with E-state index < -0.39 is 0 Å². The van der Waals surface area contributed by atoms with Crippen LogP contribution in [-0.2, 0) is 0 Å². The number of aromatic nitrogens is 2. The van der Waals surface area contributed by atoms with Gasteiger partial charge in [0.1, 0.15) is 12.1 Å². The Kier molecular flexibility index (Phi) is 4.87. The van der Waals surface area contributed by atoms with Crippen molar-refractivity contribution in [2.45, 2.75) is 0 Å². The van der Waals surface area contributed by atoms with E-state index in [9.17, 15) is 10.5 Å². The zero-order chi connectivity index (χ0) is 28.7. The van der Waals surface area contributed by atoms with Gasteiger partial charge < -0.3 is 9.13 Å². The summed E-state index contributed by atoms with van der Waals surface area (Å²) in [7, 11) is 0. The van der Waals surface area contributed by atoms with E-state index in [0.717, 1.165) is 70.5 Å². The van der Waals surface area contributed by atoms with Crippen molar-refractivity contribution in [2.24, 2.45) is 0 Å². The van der Waals surface area contributed by atoms with E-state index in [1.807, 2.05) is 24.3 Å². The Hall–Kier alpha value is -5.88. The maximum Gasteiger partial charge on any atom is 0.101 e. The molecule has 3 aromatic heterocycles. The van der Waals surface area contributed by atoms with Gasteiger partial charge >= 0.3 is 0 Å². The summed E-state index contributed by atoms with van der Waals surface area (Å²) in [6.45, 7) is 0. The average molecular weight is 565 g/mol. The maximum absolute atomic E-state index is 10.1. The molecular formula is C38H20N4S. The molecule has 9 rings (SSSR count). The SMILES string of the molecule is N#Cc1cccc2c3ccccc3n(-c3cccc4c3sc3cccc(-n5c6ccccc6c6cccc(C#N)c65)c34)c12. The van der Waals surface area contributed by atoms with Crippen molar-refractivity contribution in [1.29, 1.82) is 10.5 Å². The zero-order valence-corrected chi connectivity index (χ0v) is 23.6. The van der Waals surface area contributed by atoms with Gasteiger partial charge in [0, 0.05) is 37.0 Å². The molecule has 0 spiro atoms. The van der Waals surface area contributed by atoms with E-state index in [1.54, 1.807) is 11.3 Å². The number of rotatable bonds is 2. The Morgan fingerprint density at radius 1 is 0.465 bits per heavy atom. The largest absolute Gasteiger partial charge is 0.307 e. The Morgan fingerprint density at radius 3 is 1.58 bits per heavy atom. The number of benzene rings is 6. The first-order valence-corrected chi connectivity index (χ1v) is 14.9. The number of fused-ring (bicyclic) bond motifs is 9. The molecule has 9 aromatic rings. The Morgan fingerprint density at radius 2 is 0.953 bits per heavy atom. The molecule has 0 N–H and O–H groups in total. The Balaban J connectivity index is 1.44. The van der Waals surface area contributed by atoms with Crippen molar-refractivity contribution in [3.05, 3.63) is 132 Å². The summed E-state index contributed by atoms with van der Waals surface area (Å²) in [6, 6.07) is 46.5. The molecule has 4 nitrogen and oxygen atoms in total. The highest BCUT2D eigenvalue weighted by atomic mass is 32.1. The fraction of sp³-hybridized carbons (Fsp3) is 0. The van der Waals surface area contributed by atoms with Gasteiger partial charge in [-0.2, -0.15) is 10.5 Å². The van der Waals surface area contributed by atoms with E-state index in [1.165, 1.54) is 4.70 Å². The van der Waals surface area contributed by atoms with Gasteiger partial charge in [-0.15, -0.1) is 11.3 Å². The average Bonchev–Trinajstić information content (AvgIpc) is 3.72. The van der Waals surface area contributed by atoms with E-state index in [2.05, 4.69) is 118 Å². The smallest absolute Gasteiger partial charge is 0.101 e. The summed E-state index contributed by atoms with van der Waals surface area (Å²) in [6.07, 6.45) is 0. The number of thiophene rings is 1. The van der Waals surface area contributed by atoms with Crippen LogP contribution in [0.25, 0.3) is 75.2 Å². The molecule has 5 heteroatoms. The first kappa shape index (κ1) is 23.8. The van der Waals surface area contributed by atoms with E-state index in [0.29, 0.717) is 11.1 Å². The third-order valence-corrected chi connectivity index (χ3v) is 9.79. The first-order valence-electron chi connectivity index (χ1n) is 14.1. The van der Waals surface area contributed by atoms with Crippen LogP contribution in [0.1, 0.15) is 11.1 Å². The minimum absolute atomic E-state index is 0.653. The molecule has 0 saturated heterocycles. The molecule has 0 aliphatic heterocycles. The lowest BCUT2D eigenvalue weighted by Gasteiger charge is -2.12. The van der Waals surface area contributed by atoms with Crippen molar-refractivity contribution < 1.29 is 0 Å². The van der Waals surface area contributed by atoms with E-state index in [-0.39, 0.29) is 0 Å². The zero-order valence-electron chi connectivity index (χ0n) is 22.7. The maximum atomic E-state index is 10.1. The van der Waals surface area contributed by atoms with Crippen LogP contribution in [0, 0.1) is 22.7 Å². The highest BCUT2D eigenvalue weighted by Gasteiger charge is 2.21. The van der Waals surface area contributed by atoms with Crippen molar-refractivity contribution in [3.63, 3.8) is 0 Å². The quantitative estimate of drug-likeness (QED) is 0.210. The number of nitriles is 2. The topological polar surface area (TPSA) is 57.4 Å². The summed E-state index contributed by atoms with van der Waals surface area (Å²) >= 11 is 1.77. The van der Waals surface area contributed by atoms with Gasteiger partial charge in [0.2, 0.25) is 0 Å². The lowest BCUT2D eigenvalue weighted by molar-refractivity contribution is 1.19. The molecule has 0 saturated carbocycles. The molecule has 198 valence electrons. The molecule has 0 aliphatic carbocycles. The van der Waals surface area contributed by atoms with Crippen LogP contribution in [-0.4, -0.2) is 9.13 Å². The molecule has 0 aliphatic rings. The van der Waals surface area contributed by atoms with Gasteiger partial charge in [-0.3, -0.25) is 0 Å². The number of nitrogens with zero attached hydrogens (tertiary/aromatic N) is 4. The monoisotopic (exact) mass is 564 g/mol. The molecule has 0 atom stereocenters. The predicted molar refractivity (Wildman–Crippen MR) is 177 cm³/mol. The summed E-state index contributed by atoms with van der Waals surface area (Å²) in [5.74, 6) is 0. The summed E-state index contributed by atoms with van der Waals surface area (Å²) < 4.78 is 6.84. The lowest BCUT2D eigenvalue weighted by Crippen LogP contribution is -1.97. The van der Waals surface area contributed by atoms with Crippen LogP contribution < -0.4 is 0 Å². The molecule has 0 amide bonds. The van der Waals surface area contributed by atoms with Crippen molar-refractivity contribution in [3.8, 4) is 23.5 Å². The van der Waals surface area contributed by atoms with Crippen LogP contribution in [0.2, 0.25) is 0 Å². The molecule has 0 unspecified atom stereocenters. The minimum Gasteiger partial charge on any atom is -0.307 e. The van der Waals surface area contributed by atoms with Gasteiger partial charge in [-0.05, 0) is 42.5 Å². The second-order valence-corrected chi connectivity index (χ2v) is 11.8. The molecule has 3 heterocycles. The Bertz CT molecular complexity index is 2710. The third kappa shape index (κ3) is 3.12. The highest BCUT2D eigenvalue weighted by Crippen LogP contribution is 2.45. The minimum atomic E-state index is 0.653. The molecule has 6 aromatic carbocycles. The molecule has 0 bridgehead atoms. The van der Waals surface area contributed by atoms with Gasteiger partial charge in [0.15, 0.2) is 0 Å². The van der Waals surface area contributed by atoms with Crippen LogP contribution >= 0.6 is 11.3 Å². The van der Waals surface area contributed by atoms with Crippen molar-refractivity contribution in [2.75, 3.05) is 0 Å². The standard InChI is InChI=1S/C38H20N4S/c39-21-23-9-5-13-27-25-11-1-3-16-30(25)41(36(23)27)32-18-8-20-34-35(32)29-15-7-19-33(38(29)43-34)42-31-17-4-2-12-26(31)28-14-6-10-24(22-40)37(28)42/h1-20H. The van der Waals surface area contributed by atoms with Gasteiger partial charge in [-0.1, -0.05) is 78.9 Å². The van der Waals surface area contributed by atoms with Gasteiger partial charge in [0.25, 0.3) is 0 Å². The van der Waals surface area contributed by atoms with Crippen molar-refractivity contribution >= 4 is 75.1 Å². The van der Waals surface area contributed by atoms with E-state index in [4.69, 9.17) is 0 Å². The predicted octanol–water partition coefficient (Wildman–Crippen LogP) is 9.99. The second kappa shape index (κ2) is 8.81. The normalized spacial score (nSPS) is 11.7. The van der Waals surface area contributed by atoms with Gasteiger partial charge in [0.05, 0.1) is 49.3 Å². The van der Waals surface area contributed by atoms with E-state index >= 15 is 0 Å². The lowest BCUT2D eigenvalue weighted by atomic mass is 10.1. The summed E-state index contributed by atoms with van der Waals surface area (Å²) in [5, 5.41) is 27.0. The molecule has 0 fully saturated rings. The molecule has 0 radical (unpaired) electrons. The fourth-order valence-electron chi connectivity index (χ4n) is 6.89. The third-order valence-electron chi connectivity index (χ3n) is 8.59. The van der Waals surface area contributed by atoms with Crippen LogP contribution in [0.15, 0.2) is 121 Å². The summed E-state index contributed by atoms with van der Waals surface area (Å²) in [4.78, 5) is 0. The number of hydrogen-bond acceptors (Lipinski definition) is 3. The first-order chi connectivity index (χ1) is 21.3. The Labute approximate surface area is 250 Å². The second-order valence-electron chi connectivity index (χ2n) is 10.7. The van der Waals surface area contributed by atoms with Crippen molar-refractivity contribution in [1.82, 2.24) is 9.13 Å². The molecule has 43 heavy (non-hydrogen) atoms. The highest BCUT2D eigenvalue weighted by molar-refractivity contribution is 7.26. The van der Waals surface area contributed by atoms with Crippen LogP contribution in [0.3, 0.4) is 0 Å². The number of para-hydroxylation sites is 4. The van der Waals surface area contributed by atoms with Crippen LogP contribution in [0.4, 0.5) is 0 Å². The number of hydrogen-bond donors (Lipinski definition) is 0.